The van der Waals surface area contributed by atoms with E-state index >= 15 is 0 Å². The fourth-order valence-electron chi connectivity index (χ4n) is 5.24. The topological polar surface area (TPSA) is 70.2 Å². The Morgan fingerprint density at radius 3 is 2.09 bits per heavy atom. The zero-order valence-corrected chi connectivity index (χ0v) is 14.5. The standard InChI is InChI=1S/C18H31N3O2/c1-12(2)11-20-16(22)3-4-19-17(23)21-18-8-13-5-14(9-18)7-15(6-13)10-18/h12-15H,3-11H2,1-2H3,(H,20,22)(H2,19,21,23). The van der Waals surface area contributed by atoms with Gasteiger partial charge in [0.15, 0.2) is 0 Å². The molecule has 3 N–H and O–H groups in total. The monoisotopic (exact) mass is 321 g/mol. The Bertz CT molecular complexity index is 426. The van der Waals surface area contributed by atoms with Gasteiger partial charge in [-0.05, 0) is 62.2 Å². The zero-order chi connectivity index (χ0) is 16.4. The highest BCUT2D eigenvalue weighted by Gasteiger charge is 2.51. The summed E-state index contributed by atoms with van der Waals surface area (Å²) in [5.41, 5.74) is 0.0404. The third-order valence-corrected chi connectivity index (χ3v) is 5.76. The maximum atomic E-state index is 12.2. The van der Waals surface area contributed by atoms with Crippen molar-refractivity contribution < 1.29 is 9.59 Å². The van der Waals surface area contributed by atoms with Crippen LogP contribution in [0.1, 0.15) is 58.8 Å². The van der Waals surface area contributed by atoms with E-state index in [4.69, 9.17) is 0 Å². The van der Waals surface area contributed by atoms with Gasteiger partial charge in [-0.15, -0.1) is 0 Å². The van der Waals surface area contributed by atoms with E-state index in [0.29, 0.717) is 25.4 Å². The average molecular weight is 321 g/mol. The SMILES string of the molecule is CC(C)CNC(=O)CCNC(=O)NC12CC3CC(CC(C3)C1)C2. The summed E-state index contributed by atoms with van der Waals surface area (Å²) in [5, 5.41) is 9.00. The molecule has 0 spiro atoms. The van der Waals surface area contributed by atoms with Crippen molar-refractivity contribution in [3.63, 3.8) is 0 Å². The highest BCUT2D eigenvalue weighted by atomic mass is 16.2. The lowest BCUT2D eigenvalue weighted by Gasteiger charge is -2.56. The van der Waals surface area contributed by atoms with E-state index in [0.717, 1.165) is 37.0 Å². The van der Waals surface area contributed by atoms with Crippen molar-refractivity contribution in [2.75, 3.05) is 13.1 Å². The second-order valence-electron chi connectivity index (χ2n) is 8.53. The molecule has 130 valence electrons. The smallest absolute Gasteiger partial charge is 0.315 e. The molecule has 0 heterocycles. The van der Waals surface area contributed by atoms with Crippen LogP contribution >= 0.6 is 0 Å². The van der Waals surface area contributed by atoms with E-state index in [1.54, 1.807) is 0 Å². The minimum absolute atomic E-state index is 0.00815. The fourth-order valence-corrected chi connectivity index (χ4v) is 5.24. The molecule has 0 saturated heterocycles. The number of carbonyl (C=O) groups excluding carboxylic acids is 2. The molecule has 23 heavy (non-hydrogen) atoms. The van der Waals surface area contributed by atoms with Gasteiger partial charge in [-0.3, -0.25) is 4.79 Å². The van der Waals surface area contributed by atoms with Gasteiger partial charge in [-0.1, -0.05) is 13.8 Å². The Kier molecular flexibility index (Phi) is 4.83. The van der Waals surface area contributed by atoms with Crippen molar-refractivity contribution in [1.82, 2.24) is 16.0 Å². The number of hydrogen-bond acceptors (Lipinski definition) is 2. The summed E-state index contributed by atoms with van der Waals surface area (Å²) in [6, 6.07) is -0.0939. The Hall–Kier alpha value is -1.26. The third-order valence-electron chi connectivity index (χ3n) is 5.76. The molecule has 0 aromatic carbocycles. The van der Waals surface area contributed by atoms with Crippen LogP contribution in [0.3, 0.4) is 0 Å². The predicted molar refractivity (Wildman–Crippen MR) is 89.9 cm³/mol. The van der Waals surface area contributed by atoms with Crippen molar-refractivity contribution in [1.29, 1.82) is 0 Å². The molecule has 0 aromatic rings. The van der Waals surface area contributed by atoms with Gasteiger partial charge >= 0.3 is 6.03 Å². The van der Waals surface area contributed by atoms with E-state index in [1.165, 1.54) is 19.3 Å². The van der Waals surface area contributed by atoms with Crippen molar-refractivity contribution in [2.24, 2.45) is 23.7 Å². The first-order valence-electron chi connectivity index (χ1n) is 9.27. The Labute approximate surface area is 139 Å². The summed E-state index contributed by atoms with van der Waals surface area (Å²) in [4.78, 5) is 23.9. The maximum Gasteiger partial charge on any atom is 0.315 e. The number of amides is 3. The molecule has 4 saturated carbocycles. The summed E-state index contributed by atoms with van der Waals surface area (Å²) in [5.74, 6) is 2.93. The average Bonchev–Trinajstić information content (AvgIpc) is 2.43. The largest absolute Gasteiger partial charge is 0.356 e. The molecule has 5 nitrogen and oxygen atoms in total. The summed E-state index contributed by atoms with van der Waals surface area (Å²) < 4.78 is 0. The number of nitrogens with one attached hydrogen (secondary N) is 3. The van der Waals surface area contributed by atoms with Crippen LogP contribution in [0.25, 0.3) is 0 Å². The third kappa shape index (κ3) is 4.18. The van der Waals surface area contributed by atoms with Crippen LogP contribution in [0.2, 0.25) is 0 Å². The Morgan fingerprint density at radius 2 is 1.57 bits per heavy atom. The maximum absolute atomic E-state index is 12.2. The second kappa shape index (κ2) is 6.70. The number of rotatable bonds is 6. The minimum Gasteiger partial charge on any atom is -0.356 e. The van der Waals surface area contributed by atoms with Gasteiger partial charge in [-0.25, -0.2) is 4.79 Å². The van der Waals surface area contributed by atoms with E-state index in [-0.39, 0.29) is 17.5 Å². The predicted octanol–water partition coefficient (Wildman–Crippen LogP) is 2.42. The van der Waals surface area contributed by atoms with Crippen LogP contribution in [0.4, 0.5) is 4.79 Å². The van der Waals surface area contributed by atoms with Gasteiger partial charge in [0, 0.05) is 25.0 Å². The first kappa shape index (κ1) is 16.6. The van der Waals surface area contributed by atoms with Gasteiger partial charge in [0.2, 0.25) is 5.91 Å². The lowest BCUT2D eigenvalue weighted by Crippen LogP contribution is -2.61. The van der Waals surface area contributed by atoms with Crippen LogP contribution in [0, 0.1) is 23.7 Å². The molecule has 0 radical (unpaired) electrons. The molecule has 3 amide bonds. The normalized spacial score (nSPS) is 34.5. The quantitative estimate of drug-likeness (QED) is 0.703. The molecule has 4 aliphatic carbocycles. The van der Waals surface area contributed by atoms with Gasteiger partial charge in [0.25, 0.3) is 0 Å². The number of urea groups is 1. The van der Waals surface area contributed by atoms with E-state index in [9.17, 15) is 9.59 Å². The number of hydrogen-bond donors (Lipinski definition) is 3. The molecule has 0 aromatic heterocycles. The Morgan fingerprint density at radius 1 is 1.00 bits per heavy atom. The molecule has 4 bridgehead atoms. The van der Waals surface area contributed by atoms with Crippen molar-refractivity contribution in [2.45, 2.75) is 64.3 Å². The van der Waals surface area contributed by atoms with Gasteiger partial charge in [0.05, 0.1) is 0 Å². The summed E-state index contributed by atoms with van der Waals surface area (Å²) in [6.45, 7) is 5.23. The van der Waals surface area contributed by atoms with Crippen LogP contribution in [0.15, 0.2) is 0 Å². The Balaban J connectivity index is 1.39. The molecular formula is C18H31N3O2. The molecular weight excluding hydrogens is 290 g/mol. The molecule has 0 atom stereocenters. The second-order valence-corrected chi connectivity index (χ2v) is 8.53. The summed E-state index contributed by atoms with van der Waals surface area (Å²) in [6.07, 6.45) is 7.93. The minimum atomic E-state index is -0.0939. The van der Waals surface area contributed by atoms with Crippen LogP contribution in [-0.4, -0.2) is 30.6 Å². The van der Waals surface area contributed by atoms with Gasteiger partial charge in [-0.2, -0.15) is 0 Å². The lowest BCUT2D eigenvalue weighted by atomic mass is 9.53. The van der Waals surface area contributed by atoms with E-state index < -0.39 is 0 Å². The van der Waals surface area contributed by atoms with Crippen molar-refractivity contribution in [3.8, 4) is 0 Å². The molecule has 4 fully saturated rings. The van der Waals surface area contributed by atoms with Crippen LogP contribution in [-0.2, 0) is 4.79 Å². The molecule has 0 aliphatic heterocycles. The molecule has 4 aliphatic rings. The van der Waals surface area contributed by atoms with Crippen LogP contribution < -0.4 is 16.0 Å². The highest BCUT2D eigenvalue weighted by Crippen LogP contribution is 2.55. The molecule has 5 heteroatoms. The van der Waals surface area contributed by atoms with Gasteiger partial charge < -0.3 is 16.0 Å². The first-order valence-corrected chi connectivity index (χ1v) is 9.27. The summed E-state index contributed by atoms with van der Waals surface area (Å²) in [7, 11) is 0. The number of carbonyl (C=O) groups is 2. The van der Waals surface area contributed by atoms with Crippen LogP contribution in [0.5, 0.6) is 0 Å². The molecule has 4 rings (SSSR count). The van der Waals surface area contributed by atoms with Gasteiger partial charge in [0.1, 0.15) is 0 Å². The van der Waals surface area contributed by atoms with Crippen molar-refractivity contribution >= 4 is 11.9 Å². The first-order chi connectivity index (χ1) is 10.9. The summed E-state index contributed by atoms with van der Waals surface area (Å²) >= 11 is 0. The fraction of sp³-hybridized carbons (Fsp3) is 0.889. The molecule has 0 unspecified atom stereocenters. The van der Waals surface area contributed by atoms with Crippen molar-refractivity contribution in [3.05, 3.63) is 0 Å². The van der Waals surface area contributed by atoms with E-state index in [2.05, 4.69) is 29.8 Å². The van der Waals surface area contributed by atoms with E-state index in [1.807, 2.05) is 0 Å². The highest BCUT2D eigenvalue weighted by molar-refractivity contribution is 5.78. The zero-order valence-electron chi connectivity index (χ0n) is 14.5. The lowest BCUT2D eigenvalue weighted by molar-refractivity contribution is -0.121.